The Morgan fingerprint density at radius 3 is 2.52 bits per heavy atom. The number of hydrogen-bond acceptors (Lipinski definition) is 4. The Kier molecular flexibility index (Phi) is 10.8. The van der Waals surface area contributed by atoms with Crippen molar-refractivity contribution >= 4 is 35.6 Å². The first kappa shape index (κ1) is 23.8. The second kappa shape index (κ2) is 12.3. The van der Waals surface area contributed by atoms with Crippen LogP contribution in [0, 0.1) is 0 Å². The van der Waals surface area contributed by atoms with Gasteiger partial charge < -0.3 is 24.8 Å². The number of methoxy groups -OCH3 is 1. The van der Waals surface area contributed by atoms with Gasteiger partial charge in [-0.05, 0) is 32.5 Å². The number of ether oxygens (including phenoxy) is 1. The minimum atomic E-state index is 0. The average Bonchev–Trinajstić information content (AvgIpc) is 2.70. The minimum Gasteiger partial charge on any atom is -0.495 e. The normalized spacial score (nSPS) is 16.1. The summed E-state index contributed by atoms with van der Waals surface area (Å²) in [6, 6.07) is 8.85. The monoisotopic (exact) mass is 489 g/mol. The quantitative estimate of drug-likeness (QED) is 0.363. The fraction of sp³-hybridized carbons (Fsp3) is 0.650. The van der Waals surface area contributed by atoms with E-state index in [1.165, 1.54) is 12.1 Å². The highest BCUT2D eigenvalue weighted by Gasteiger charge is 2.21. The smallest absolute Gasteiger partial charge is 0.193 e. The Morgan fingerprint density at radius 2 is 1.93 bits per heavy atom. The summed E-state index contributed by atoms with van der Waals surface area (Å²) in [6.07, 6.45) is 1.18. The number of para-hydroxylation sites is 2. The fourth-order valence-corrected chi connectivity index (χ4v) is 3.26. The molecule has 1 saturated heterocycles. The molecule has 1 aromatic rings. The van der Waals surface area contributed by atoms with Crippen LogP contribution < -0.4 is 15.0 Å². The van der Waals surface area contributed by atoms with E-state index in [0.29, 0.717) is 6.04 Å². The lowest BCUT2D eigenvalue weighted by molar-refractivity contribution is 0.254. The number of nitrogens with one attached hydrogen (secondary N) is 1. The van der Waals surface area contributed by atoms with Crippen molar-refractivity contribution in [2.24, 2.45) is 4.99 Å². The molecule has 1 N–H and O–H groups in total. The first-order valence-electron chi connectivity index (χ1n) is 9.64. The molecule has 0 aromatic heterocycles. The maximum atomic E-state index is 5.50. The topological polar surface area (TPSA) is 43.3 Å². The van der Waals surface area contributed by atoms with Crippen molar-refractivity contribution in [2.75, 3.05) is 65.4 Å². The number of nitrogens with zero attached hydrogens (tertiary/aromatic N) is 4. The highest BCUT2D eigenvalue weighted by Crippen LogP contribution is 2.28. The summed E-state index contributed by atoms with van der Waals surface area (Å²) < 4.78 is 5.50. The van der Waals surface area contributed by atoms with Crippen LogP contribution in [0.15, 0.2) is 29.3 Å². The van der Waals surface area contributed by atoms with E-state index in [4.69, 9.17) is 4.74 Å². The van der Waals surface area contributed by atoms with Crippen LogP contribution in [0.25, 0.3) is 0 Å². The highest BCUT2D eigenvalue weighted by molar-refractivity contribution is 14.0. The number of aliphatic imine (C=N–C) groups is 1. The molecule has 1 aliphatic heterocycles. The molecule has 1 fully saturated rings. The van der Waals surface area contributed by atoms with E-state index in [1.54, 1.807) is 7.11 Å². The number of hydrogen-bond donors (Lipinski definition) is 1. The first-order chi connectivity index (χ1) is 12.6. The molecule has 1 aromatic carbocycles. The highest BCUT2D eigenvalue weighted by atomic mass is 127. The van der Waals surface area contributed by atoms with Gasteiger partial charge in [-0.2, -0.15) is 0 Å². The van der Waals surface area contributed by atoms with E-state index in [-0.39, 0.29) is 24.0 Å². The summed E-state index contributed by atoms with van der Waals surface area (Å²) in [5.74, 6) is 1.94. The minimum absolute atomic E-state index is 0. The van der Waals surface area contributed by atoms with Gasteiger partial charge in [0.25, 0.3) is 0 Å². The molecule has 1 aliphatic rings. The van der Waals surface area contributed by atoms with E-state index in [9.17, 15) is 0 Å². The molecule has 1 heterocycles. The summed E-state index contributed by atoms with van der Waals surface area (Å²) in [7, 11) is 5.79. The summed E-state index contributed by atoms with van der Waals surface area (Å²) in [5, 5.41) is 3.52. The molecule has 0 spiro atoms. The third-order valence-electron chi connectivity index (χ3n) is 5.31. The van der Waals surface area contributed by atoms with Crippen LogP contribution in [-0.2, 0) is 0 Å². The molecule has 0 bridgehead atoms. The zero-order valence-corrected chi connectivity index (χ0v) is 19.8. The van der Waals surface area contributed by atoms with Gasteiger partial charge in [-0.1, -0.05) is 19.1 Å². The lowest BCUT2D eigenvalue weighted by Crippen LogP contribution is -2.53. The van der Waals surface area contributed by atoms with E-state index in [0.717, 1.165) is 51.0 Å². The Labute approximate surface area is 182 Å². The maximum absolute atomic E-state index is 5.50. The second-order valence-corrected chi connectivity index (χ2v) is 6.86. The molecule has 1 unspecified atom stereocenters. The van der Waals surface area contributed by atoms with Gasteiger partial charge in [-0.3, -0.25) is 4.99 Å². The molecule has 2 rings (SSSR count). The van der Waals surface area contributed by atoms with Gasteiger partial charge in [-0.15, -0.1) is 24.0 Å². The lowest BCUT2D eigenvalue weighted by atomic mass is 10.2. The van der Waals surface area contributed by atoms with Crippen LogP contribution >= 0.6 is 24.0 Å². The predicted molar refractivity (Wildman–Crippen MR) is 126 cm³/mol. The van der Waals surface area contributed by atoms with Crippen molar-refractivity contribution in [3.05, 3.63) is 24.3 Å². The third-order valence-corrected chi connectivity index (χ3v) is 5.31. The Morgan fingerprint density at radius 1 is 1.26 bits per heavy atom. The van der Waals surface area contributed by atoms with Crippen LogP contribution in [0.5, 0.6) is 5.75 Å². The number of likely N-dealkylation sites (N-methyl/N-ethyl adjacent to an activating group) is 1. The Hall–Kier alpha value is -1.22. The SMILES string of the molecule is CCC(C)N(C)CCNC(=NC)N1CCN(c2ccccc2OC)CC1.I. The molecule has 27 heavy (non-hydrogen) atoms. The van der Waals surface area contributed by atoms with Gasteiger partial charge in [0.1, 0.15) is 5.75 Å². The fourth-order valence-electron chi connectivity index (χ4n) is 3.26. The van der Waals surface area contributed by atoms with Crippen LogP contribution in [0.2, 0.25) is 0 Å². The second-order valence-electron chi connectivity index (χ2n) is 6.86. The third kappa shape index (κ3) is 6.71. The first-order valence-corrected chi connectivity index (χ1v) is 9.64. The zero-order chi connectivity index (χ0) is 18.9. The summed E-state index contributed by atoms with van der Waals surface area (Å²) in [5.41, 5.74) is 1.17. The summed E-state index contributed by atoms with van der Waals surface area (Å²) in [6.45, 7) is 10.3. The van der Waals surface area contributed by atoms with Crippen LogP contribution in [-0.4, -0.2) is 82.3 Å². The zero-order valence-electron chi connectivity index (χ0n) is 17.4. The molecule has 7 heteroatoms. The molecule has 0 aliphatic carbocycles. The van der Waals surface area contributed by atoms with Crippen LogP contribution in [0.3, 0.4) is 0 Å². The molecule has 1 atom stereocenters. The van der Waals surface area contributed by atoms with E-state index in [1.807, 2.05) is 19.2 Å². The Balaban J connectivity index is 0.00000364. The van der Waals surface area contributed by atoms with Crippen molar-refractivity contribution in [1.29, 1.82) is 0 Å². The number of rotatable bonds is 7. The Bertz CT molecular complexity index is 575. The lowest BCUT2D eigenvalue weighted by Gasteiger charge is -2.38. The van der Waals surface area contributed by atoms with Gasteiger partial charge in [0, 0.05) is 52.4 Å². The number of piperazine rings is 1. The standard InChI is InChI=1S/C20H35N5O.HI/c1-6-17(2)23(4)12-11-22-20(21-3)25-15-13-24(14-16-25)18-9-7-8-10-19(18)26-5;/h7-10,17H,6,11-16H2,1-5H3,(H,21,22);1H. The molecular formula is C20H36IN5O. The molecule has 6 nitrogen and oxygen atoms in total. The largest absolute Gasteiger partial charge is 0.495 e. The van der Waals surface area contributed by atoms with E-state index >= 15 is 0 Å². The molecule has 0 saturated carbocycles. The number of guanidine groups is 1. The van der Waals surface area contributed by atoms with Gasteiger partial charge in [-0.25, -0.2) is 0 Å². The summed E-state index contributed by atoms with van der Waals surface area (Å²) in [4.78, 5) is 11.6. The molecular weight excluding hydrogens is 453 g/mol. The number of anilines is 1. The van der Waals surface area contributed by atoms with E-state index < -0.39 is 0 Å². The number of benzene rings is 1. The average molecular weight is 489 g/mol. The van der Waals surface area contributed by atoms with Crippen LogP contribution in [0.1, 0.15) is 20.3 Å². The maximum Gasteiger partial charge on any atom is 0.193 e. The van der Waals surface area contributed by atoms with E-state index in [2.05, 4.69) is 58.0 Å². The van der Waals surface area contributed by atoms with Crippen molar-refractivity contribution < 1.29 is 4.74 Å². The van der Waals surface area contributed by atoms with Gasteiger partial charge in [0.05, 0.1) is 12.8 Å². The van der Waals surface area contributed by atoms with Crippen LogP contribution in [0.4, 0.5) is 5.69 Å². The van der Waals surface area contributed by atoms with Crippen molar-refractivity contribution in [3.8, 4) is 5.75 Å². The van der Waals surface area contributed by atoms with Gasteiger partial charge in [0.15, 0.2) is 5.96 Å². The van der Waals surface area contributed by atoms with Gasteiger partial charge in [0.2, 0.25) is 0 Å². The molecule has 154 valence electrons. The number of halogens is 1. The van der Waals surface area contributed by atoms with Crippen molar-refractivity contribution in [3.63, 3.8) is 0 Å². The van der Waals surface area contributed by atoms with Crippen molar-refractivity contribution in [2.45, 2.75) is 26.3 Å². The van der Waals surface area contributed by atoms with Crippen molar-refractivity contribution in [1.82, 2.24) is 15.1 Å². The summed E-state index contributed by atoms with van der Waals surface area (Å²) >= 11 is 0. The predicted octanol–water partition coefficient (Wildman–Crippen LogP) is 2.74. The van der Waals surface area contributed by atoms with Gasteiger partial charge >= 0.3 is 0 Å². The molecule has 0 radical (unpaired) electrons. The molecule has 0 amide bonds.